The van der Waals surface area contributed by atoms with Gasteiger partial charge >= 0.3 is 0 Å². The third kappa shape index (κ3) is 5.27. The molecule has 0 bridgehead atoms. The highest BCUT2D eigenvalue weighted by atomic mass is 79.9. The van der Waals surface area contributed by atoms with Gasteiger partial charge in [0.15, 0.2) is 6.61 Å². The first kappa shape index (κ1) is 19.4. The third-order valence-corrected chi connectivity index (χ3v) is 4.69. The molecule has 2 rings (SSSR count). The summed E-state index contributed by atoms with van der Waals surface area (Å²) >= 11 is 6.64. The van der Waals surface area contributed by atoms with Crippen molar-refractivity contribution in [3.63, 3.8) is 0 Å². The van der Waals surface area contributed by atoms with Crippen molar-refractivity contribution in [1.29, 1.82) is 0 Å². The number of halogens is 2. The average Bonchev–Trinajstić information content (AvgIpc) is 2.55. The van der Waals surface area contributed by atoms with Gasteiger partial charge in [0.05, 0.1) is 15.1 Å². The van der Waals surface area contributed by atoms with E-state index in [4.69, 9.17) is 4.74 Å². The normalized spacial score (nSPS) is 10.6. The first-order valence-electron chi connectivity index (χ1n) is 7.44. The lowest BCUT2D eigenvalue weighted by molar-refractivity contribution is -0.384. The van der Waals surface area contributed by atoms with Gasteiger partial charge < -0.3 is 10.1 Å². The van der Waals surface area contributed by atoms with Crippen molar-refractivity contribution in [1.82, 2.24) is 0 Å². The average molecular weight is 472 g/mol. The number of nitrogens with zero attached hydrogens (tertiary/aromatic N) is 1. The summed E-state index contributed by atoms with van der Waals surface area (Å²) in [5, 5.41) is 13.4. The van der Waals surface area contributed by atoms with Crippen LogP contribution in [0.2, 0.25) is 0 Å². The molecule has 0 unspecified atom stereocenters. The number of ether oxygens (including phenoxy) is 1. The van der Waals surface area contributed by atoms with E-state index in [0.717, 1.165) is 4.47 Å². The second-order valence-corrected chi connectivity index (χ2v) is 7.31. The maximum atomic E-state index is 12.0. The third-order valence-electron chi connectivity index (χ3n) is 3.42. The van der Waals surface area contributed by atoms with Gasteiger partial charge in [-0.05, 0) is 61.5 Å². The molecule has 0 saturated carbocycles. The Hall–Kier alpha value is -1.93. The fourth-order valence-electron chi connectivity index (χ4n) is 2.04. The van der Waals surface area contributed by atoms with E-state index in [2.05, 4.69) is 51.0 Å². The molecule has 132 valence electrons. The SMILES string of the molecule is CC(C)c1ccc(OCC(=O)Nc2ccc([N+](=O)[O-])cc2Br)c(Br)c1. The van der Waals surface area contributed by atoms with Crippen molar-refractivity contribution in [2.45, 2.75) is 19.8 Å². The molecular formula is C17H16Br2N2O4. The summed E-state index contributed by atoms with van der Waals surface area (Å²) in [6.45, 7) is 4.01. The Bertz CT molecular complexity index is 809. The summed E-state index contributed by atoms with van der Waals surface area (Å²) in [5.41, 5.74) is 1.54. The molecule has 1 N–H and O–H groups in total. The maximum Gasteiger partial charge on any atom is 0.270 e. The quantitative estimate of drug-likeness (QED) is 0.460. The topological polar surface area (TPSA) is 81.5 Å². The second-order valence-electron chi connectivity index (χ2n) is 5.60. The Morgan fingerprint density at radius 3 is 2.48 bits per heavy atom. The minimum absolute atomic E-state index is 0.0599. The van der Waals surface area contributed by atoms with Gasteiger partial charge in [-0.15, -0.1) is 0 Å². The number of nitro groups is 1. The van der Waals surface area contributed by atoms with Gasteiger partial charge in [-0.3, -0.25) is 14.9 Å². The largest absolute Gasteiger partial charge is 0.483 e. The van der Waals surface area contributed by atoms with Crippen LogP contribution in [0.5, 0.6) is 5.75 Å². The number of anilines is 1. The highest BCUT2D eigenvalue weighted by molar-refractivity contribution is 9.11. The molecule has 0 atom stereocenters. The van der Waals surface area contributed by atoms with Crippen molar-refractivity contribution >= 4 is 49.1 Å². The molecule has 0 aliphatic heterocycles. The van der Waals surface area contributed by atoms with E-state index < -0.39 is 4.92 Å². The van der Waals surface area contributed by atoms with Gasteiger partial charge in [-0.25, -0.2) is 0 Å². The molecule has 2 aromatic rings. The number of rotatable bonds is 6. The van der Waals surface area contributed by atoms with Crippen molar-refractivity contribution in [3.8, 4) is 5.75 Å². The van der Waals surface area contributed by atoms with Crippen LogP contribution in [-0.2, 0) is 4.79 Å². The molecule has 8 heteroatoms. The van der Waals surface area contributed by atoms with E-state index in [1.165, 1.54) is 23.8 Å². The number of nitro benzene ring substituents is 1. The number of hydrogen-bond acceptors (Lipinski definition) is 4. The van der Waals surface area contributed by atoms with Crippen molar-refractivity contribution in [2.24, 2.45) is 0 Å². The van der Waals surface area contributed by atoms with Crippen LogP contribution >= 0.6 is 31.9 Å². The van der Waals surface area contributed by atoms with Crippen molar-refractivity contribution < 1.29 is 14.5 Å². The smallest absolute Gasteiger partial charge is 0.270 e. The highest BCUT2D eigenvalue weighted by Crippen LogP contribution is 2.29. The fourth-order valence-corrected chi connectivity index (χ4v) is 3.02. The van der Waals surface area contributed by atoms with Gasteiger partial charge in [0.2, 0.25) is 0 Å². The Labute approximate surface area is 162 Å². The number of benzene rings is 2. The summed E-state index contributed by atoms with van der Waals surface area (Å²) < 4.78 is 6.73. The molecule has 0 fully saturated rings. The van der Waals surface area contributed by atoms with Crippen LogP contribution in [0.1, 0.15) is 25.3 Å². The van der Waals surface area contributed by atoms with Crippen molar-refractivity contribution in [2.75, 3.05) is 11.9 Å². The van der Waals surface area contributed by atoms with E-state index in [-0.39, 0.29) is 18.2 Å². The van der Waals surface area contributed by atoms with Crippen molar-refractivity contribution in [3.05, 3.63) is 61.0 Å². The monoisotopic (exact) mass is 470 g/mol. The number of carbonyl (C=O) groups excluding carboxylic acids is 1. The van der Waals surface area contributed by atoms with Crippen LogP contribution < -0.4 is 10.1 Å². The Morgan fingerprint density at radius 2 is 1.92 bits per heavy atom. The molecule has 0 radical (unpaired) electrons. The molecule has 6 nitrogen and oxygen atoms in total. The van der Waals surface area contributed by atoms with Crippen LogP contribution in [0.15, 0.2) is 45.3 Å². The first-order valence-corrected chi connectivity index (χ1v) is 9.02. The zero-order valence-electron chi connectivity index (χ0n) is 13.6. The number of hydrogen-bond donors (Lipinski definition) is 1. The zero-order valence-corrected chi connectivity index (χ0v) is 16.8. The first-order chi connectivity index (χ1) is 11.8. The summed E-state index contributed by atoms with van der Waals surface area (Å²) in [7, 11) is 0. The van der Waals surface area contributed by atoms with Gasteiger partial charge in [-0.2, -0.15) is 0 Å². The zero-order chi connectivity index (χ0) is 18.6. The molecule has 1 amide bonds. The van der Waals surface area contributed by atoms with E-state index in [1.54, 1.807) is 0 Å². The molecule has 0 spiro atoms. The van der Waals surface area contributed by atoms with Crippen LogP contribution in [0.4, 0.5) is 11.4 Å². The lowest BCUT2D eigenvalue weighted by Gasteiger charge is -2.12. The molecule has 2 aromatic carbocycles. The number of carbonyl (C=O) groups is 1. The van der Waals surface area contributed by atoms with Crippen LogP contribution in [0.25, 0.3) is 0 Å². The van der Waals surface area contributed by atoms with E-state index >= 15 is 0 Å². The maximum absolute atomic E-state index is 12.0. The van der Waals surface area contributed by atoms with E-state index in [1.807, 2.05) is 18.2 Å². The van der Waals surface area contributed by atoms with E-state index in [0.29, 0.717) is 21.8 Å². The Balaban J connectivity index is 1.98. The highest BCUT2D eigenvalue weighted by Gasteiger charge is 2.12. The predicted molar refractivity (Wildman–Crippen MR) is 103 cm³/mol. The molecule has 0 heterocycles. The van der Waals surface area contributed by atoms with Gasteiger partial charge in [0.1, 0.15) is 5.75 Å². The molecule has 0 saturated heterocycles. The number of non-ortho nitro benzene ring substituents is 1. The molecule has 0 aliphatic carbocycles. The molecule has 0 aromatic heterocycles. The summed E-state index contributed by atoms with van der Waals surface area (Å²) in [6, 6.07) is 9.85. The summed E-state index contributed by atoms with van der Waals surface area (Å²) in [6.07, 6.45) is 0. The number of nitrogens with one attached hydrogen (secondary N) is 1. The van der Waals surface area contributed by atoms with Gasteiger partial charge in [0, 0.05) is 16.6 Å². The minimum atomic E-state index is -0.502. The molecule has 0 aliphatic rings. The number of amides is 1. The predicted octanol–water partition coefficient (Wildman–Crippen LogP) is 5.26. The minimum Gasteiger partial charge on any atom is -0.483 e. The van der Waals surface area contributed by atoms with Gasteiger partial charge in [-0.1, -0.05) is 19.9 Å². The van der Waals surface area contributed by atoms with Gasteiger partial charge in [0.25, 0.3) is 11.6 Å². The second kappa shape index (κ2) is 8.44. The van der Waals surface area contributed by atoms with Crippen LogP contribution in [0.3, 0.4) is 0 Å². The molecule has 25 heavy (non-hydrogen) atoms. The fraction of sp³-hybridized carbons (Fsp3) is 0.235. The Morgan fingerprint density at radius 1 is 1.20 bits per heavy atom. The Kier molecular flexibility index (Phi) is 6.55. The van der Waals surface area contributed by atoms with E-state index in [9.17, 15) is 14.9 Å². The van der Waals surface area contributed by atoms with Crippen LogP contribution in [-0.4, -0.2) is 17.4 Å². The standard InChI is InChI=1S/C17H16Br2N2O4/c1-10(2)11-3-6-16(14(19)7-11)25-9-17(22)20-15-5-4-12(21(23)24)8-13(15)18/h3-8,10H,9H2,1-2H3,(H,20,22). The summed E-state index contributed by atoms with van der Waals surface area (Å²) in [4.78, 5) is 22.3. The summed E-state index contributed by atoms with van der Waals surface area (Å²) in [5.74, 6) is 0.602. The van der Waals surface area contributed by atoms with Crippen LogP contribution in [0, 0.1) is 10.1 Å². The lowest BCUT2D eigenvalue weighted by Crippen LogP contribution is -2.20. The lowest BCUT2D eigenvalue weighted by atomic mass is 10.0. The molecular weight excluding hydrogens is 456 g/mol.